The van der Waals surface area contributed by atoms with Crippen molar-refractivity contribution in [3.8, 4) is 0 Å². The van der Waals surface area contributed by atoms with E-state index in [1.54, 1.807) is 13.0 Å². The number of benzene rings is 2. The molecule has 1 aliphatic heterocycles. The molecule has 5 rings (SSSR count). The van der Waals surface area contributed by atoms with Crippen LogP contribution in [0.3, 0.4) is 0 Å². The average molecular weight is 381 g/mol. The van der Waals surface area contributed by atoms with Crippen LogP contribution in [0.25, 0.3) is 0 Å². The van der Waals surface area contributed by atoms with E-state index in [0.717, 1.165) is 35.2 Å². The molecule has 3 N–H and O–H groups in total. The van der Waals surface area contributed by atoms with Gasteiger partial charge in [0.15, 0.2) is 6.35 Å². The third kappa shape index (κ3) is 2.90. The summed E-state index contributed by atoms with van der Waals surface area (Å²) in [5.41, 5.74) is 10.6. The average Bonchev–Trinajstić information content (AvgIpc) is 3.27. The van der Waals surface area contributed by atoms with E-state index in [1.807, 2.05) is 29.2 Å². The van der Waals surface area contributed by atoms with Crippen molar-refractivity contribution in [1.29, 1.82) is 0 Å². The molecule has 2 aromatic carbocycles. The van der Waals surface area contributed by atoms with Gasteiger partial charge in [0.25, 0.3) is 0 Å². The Morgan fingerprint density at radius 3 is 2.89 bits per heavy atom. The lowest BCUT2D eigenvalue weighted by molar-refractivity contribution is 0.00286. The van der Waals surface area contributed by atoms with Gasteiger partial charge in [-0.25, -0.2) is 4.39 Å². The lowest BCUT2D eigenvalue weighted by Gasteiger charge is -2.37. The van der Waals surface area contributed by atoms with Crippen molar-refractivity contribution in [3.63, 3.8) is 0 Å². The van der Waals surface area contributed by atoms with Gasteiger partial charge in [0, 0.05) is 24.2 Å². The van der Waals surface area contributed by atoms with Crippen LogP contribution < -0.4 is 16.0 Å². The number of aryl methyl sites for hydroxylation is 2. The number of nitrogens with two attached hydrogens (primary N) is 1. The molecule has 144 valence electrons. The first-order chi connectivity index (χ1) is 13.6. The monoisotopic (exact) mass is 381 g/mol. The molecule has 0 bridgehead atoms. The maximum atomic E-state index is 13.5. The fourth-order valence-corrected chi connectivity index (χ4v) is 3.97. The van der Waals surface area contributed by atoms with Gasteiger partial charge in [-0.2, -0.15) is 0 Å². The van der Waals surface area contributed by atoms with Crippen molar-refractivity contribution in [3.05, 3.63) is 64.8 Å². The highest BCUT2D eigenvalue weighted by Gasteiger charge is 2.35. The predicted molar refractivity (Wildman–Crippen MR) is 101 cm³/mol. The highest BCUT2D eigenvalue weighted by Crippen LogP contribution is 2.38. The minimum atomic E-state index is -0.503. The zero-order valence-electron chi connectivity index (χ0n) is 15.4. The summed E-state index contributed by atoms with van der Waals surface area (Å²) in [5.74, 6) is 0.265. The van der Waals surface area contributed by atoms with Crippen LogP contribution in [0.15, 0.2) is 40.8 Å². The maximum absolute atomic E-state index is 13.5. The Balaban J connectivity index is 1.49. The molecule has 2 atom stereocenters. The highest BCUT2D eigenvalue weighted by molar-refractivity contribution is 5.66. The van der Waals surface area contributed by atoms with Crippen LogP contribution in [0, 0.1) is 12.7 Å². The second kappa shape index (κ2) is 6.57. The van der Waals surface area contributed by atoms with Crippen LogP contribution >= 0.6 is 0 Å². The number of halogens is 1. The number of hydrogen-bond acceptors (Lipinski definition) is 7. The van der Waals surface area contributed by atoms with Gasteiger partial charge in [-0.1, -0.05) is 11.2 Å². The molecule has 1 aliphatic carbocycles. The molecule has 7 nitrogen and oxygen atoms in total. The van der Waals surface area contributed by atoms with E-state index < -0.39 is 6.35 Å². The standard InChI is InChI=1S/C20H20FN5O2/c1-11-24-25-20(28-11)26-18-7-4-15(22)9-13(18)10-27-19(26)23-17-6-2-12-8-14(21)3-5-16(12)17/h3-5,7-9,17,19,23H,2,6,10,22H2,1H3. The summed E-state index contributed by atoms with van der Waals surface area (Å²) in [6.45, 7) is 2.15. The highest BCUT2D eigenvalue weighted by atomic mass is 19.1. The van der Waals surface area contributed by atoms with E-state index in [4.69, 9.17) is 14.9 Å². The van der Waals surface area contributed by atoms with E-state index in [0.29, 0.717) is 24.2 Å². The molecule has 0 radical (unpaired) electrons. The van der Waals surface area contributed by atoms with Gasteiger partial charge in [0.2, 0.25) is 5.89 Å². The van der Waals surface area contributed by atoms with E-state index in [-0.39, 0.29) is 11.9 Å². The molecule has 0 fully saturated rings. The van der Waals surface area contributed by atoms with Gasteiger partial charge in [-0.3, -0.25) is 10.2 Å². The number of nitrogens with one attached hydrogen (secondary N) is 1. The fourth-order valence-electron chi connectivity index (χ4n) is 3.97. The predicted octanol–water partition coefficient (Wildman–Crippen LogP) is 3.33. The number of rotatable bonds is 3. The van der Waals surface area contributed by atoms with Crippen LogP contribution in [0.1, 0.15) is 35.0 Å². The molecular weight excluding hydrogens is 361 g/mol. The Morgan fingerprint density at radius 1 is 1.18 bits per heavy atom. The van der Waals surface area contributed by atoms with Crippen molar-refractivity contribution in [2.24, 2.45) is 0 Å². The van der Waals surface area contributed by atoms with E-state index in [1.165, 1.54) is 6.07 Å². The SMILES string of the molecule is Cc1nnc(N2c3ccc(N)cc3COC2NC2CCc3cc(F)ccc32)o1. The largest absolute Gasteiger partial charge is 0.408 e. The van der Waals surface area contributed by atoms with Gasteiger partial charge in [0.05, 0.1) is 12.3 Å². The molecule has 2 unspecified atom stereocenters. The molecular formula is C20H20FN5O2. The van der Waals surface area contributed by atoms with Crippen molar-refractivity contribution < 1.29 is 13.5 Å². The number of aromatic nitrogens is 2. The molecule has 28 heavy (non-hydrogen) atoms. The summed E-state index contributed by atoms with van der Waals surface area (Å²) in [6, 6.07) is 11.0. The van der Waals surface area contributed by atoms with Crippen LogP contribution in [-0.2, 0) is 17.8 Å². The second-order valence-corrected chi connectivity index (χ2v) is 7.13. The fraction of sp³-hybridized carbons (Fsp3) is 0.300. The number of nitrogens with zero attached hydrogens (tertiary/aromatic N) is 3. The summed E-state index contributed by atoms with van der Waals surface area (Å²) in [5, 5.41) is 11.7. The Morgan fingerprint density at radius 2 is 2.07 bits per heavy atom. The molecule has 0 spiro atoms. The number of hydrogen-bond donors (Lipinski definition) is 2. The molecule has 1 aromatic heterocycles. The minimum absolute atomic E-state index is 0.0439. The summed E-state index contributed by atoms with van der Waals surface area (Å²) in [6.07, 6.45) is 1.19. The van der Waals surface area contributed by atoms with Crippen LogP contribution in [0.2, 0.25) is 0 Å². The third-order valence-corrected chi connectivity index (χ3v) is 5.24. The van der Waals surface area contributed by atoms with Crippen molar-refractivity contribution in [2.45, 2.75) is 38.8 Å². The van der Waals surface area contributed by atoms with Crippen LogP contribution in [0.5, 0.6) is 0 Å². The number of anilines is 3. The van der Waals surface area contributed by atoms with Gasteiger partial charge in [0.1, 0.15) is 5.82 Å². The Kier molecular flexibility index (Phi) is 4.03. The molecule has 0 saturated heterocycles. The molecule has 0 amide bonds. The summed E-state index contributed by atoms with van der Waals surface area (Å²) in [7, 11) is 0. The Labute approximate surface area is 161 Å². The van der Waals surface area contributed by atoms with Crippen molar-refractivity contribution in [2.75, 3.05) is 10.6 Å². The molecule has 8 heteroatoms. The first-order valence-corrected chi connectivity index (χ1v) is 9.22. The topological polar surface area (TPSA) is 89.4 Å². The Hall–Kier alpha value is -2.97. The molecule has 2 aliphatic rings. The third-order valence-electron chi connectivity index (χ3n) is 5.24. The number of fused-ring (bicyclic) bond motifs is 2. The minimum Gasteiger partial charge on any atom is -0.408 e. The summed E-state index contributed by atoms with van der Waals surface area (Å²) in [4.78, 5) is 1.85. The lowest BCUT2D eigenvalue weighted by atomic mass is 10.1. The second-order valence-electron chi connectivity index (χ2n) is 7.13. The number of ether oxygens (including phenoxy) is 1. The normalized spacial score (nSPS) is 20.9. The summed E-state index contributed by atoms with van der Waals surface area (Å²) < 4.78 is 25.3. The molecule has 2 heterocycles. The first-order valence-electron chi connectivity index (χ1n) is 9.22. The first kappa shape index (κ1) is 17.2. The summed E-state index contributed by atoms with van der Waals surface area (Å²) >= 11 is 0. The van der Waals surface area contributed by atoms with Crippen LogP contribution in [0.4, 0.5) is 21.8 Å². The van der Waals surface area contributed by atoms with Gasteiger partial charge in [-0.05, 0) is 54.3 Å². The smallest absolute Gasteiger partial charge is 0.326 e. The van der Waals surface area contributed by atoms with Gasteiger partial charge < -0.3 is 14.9 Å². The number of nitrogen functional groups attached to an aromatic ring is 1. The van der Waals surface area contributed by atoms with Crippen molar-refractivity contribution in [1.82, 2.24) is 15.5 Å². The molecule has 0 saturated carbocycles. The molecule has 3 aromatic rings. The van der Waals surface area contributed by atoms with E-state index in [2.05, 4.69) is 15.5 Å². The maximum Gasteiger partial charge on any atom is 0.326 e. The van der Waals surface area contributed by atoms with Crippen molar-refractivity contribution >= 4 is 17.4 Å². The quantitative estimate of drug-likeness (QED) is 0.673. The van der Waals surface area contributed by atoms with Gasteiger partial charge >= 0.3 is 6.01 Å². The van der Waals surface area contributed by atoms with E-state index in [9.17, 15) is 4.39 Å². The Bertz CT molecular complexity index is 1040. The van der Waals surface area contributed by atoms with Gasteiger partial charge in [-0.15, -0.1) is 5.10 Å². The zero-order valence-corrected chi connectivity index (χ0v) is 15.4. The van der Waals surface area contributed by atoms with Crippen LogP contribution in [-0.4, -0.2) is 16.5 Å². The zero-order chi connectivity index (χ0) is 19.3. The van der Waals surface area contributed by atoms with E-state index >= 15 is 0 Å². The lowest BCUT2D eigenvalue weighted by Crippen LogP contribution is -2.49.